The quantitative estimate of drug-likeness (QED) is 0.592. The van der Waals surface area contributed by atoms with Crippen molar-refractivity contribution in [1.82, 2.24) is 5.32 Å². The van der Waals surface area contributed by atoms with Crippen LogP contribution in [0.15, 0.2) is 30.3 Å². The van der Waals surface area contributed by atoms with Crippen LogP contribution in [-0.2, 0) is 15.9 Å². The van der Waals surface area contributed by atoms with Gasteiger partial charge in [-0.2, -0.15) is 0 Å². The number of aliphatic hydroxyl groups is 1. The van der Waals surface area contributed by atoms with Gasteiger partial charge in [-0.1, -0.05) is 30.3 Å². The molecule has 0 saturated carbocycles. The van der Waals surface area contributed by atoms with Gasteiger partial charge in [-0.05, 0) is 25.5 Å². The van der Waals surface area contributed by atoms with Crippen molar-refractivity contribution in [2.75, 3.05) is 39.5 Å². The Kier molecular flexibility index (Phi) is 9.27. The van der Waals surface area contributed by atoms with Gasteiger partial charge in [0, 0.05) is 13.2 Å². The molecule has 0 spiro atoms. The number of ether oxygens (including phenoxy) is 2. The number of benzene rings is 1. The first-order chi connectivity index (χ1) is 9.33. The SMILES string of the molecule is CCOCCOCC(O)CNCCc1ccccc1. The number of hydrogen-bond donors (Lipinski definition) is 2. The van der Waals surface area contributed by atoms with E-state index < -0.39 is 6.10 Å². The van der Waals surface area contributed by atoms with Gasteiger partial charge in [0.15, 0.2) is 0 Å². The first-order valence-electron chi connectivity index (χ1n) is 6.91. The van der Waals surface area contributed by atoms with Crippen LogP contribution in [0.3, 0.4) is 0 Å². The van der Waals surface area contributed by atoms with Crippen molar-refractivity contribution in [3.05, 3.63) is 35.9 Å². The molecule has 1 aromatic rings. The van der Waals surface area contributed by atoms with Gasteiger partial charge in [0.2, 0.25) is 0 Å². The Morgan fingerprint density at radius 2 is 1.89 bits per heavy atom. The molecule has 2 N–H and O–H groups in total. The normalized spacial score (nSPS) is 12.5. The monoisotopic (exact) mass is 267 g/mol. The van der Waals surface area contributed by atoms with Crippen molar-refractivity contribution >= 4 is 0 Å². The standard InChI is InChI=1S/C15H25NO3/c1-2-18-10-11-19-13-15(17)12-16-9-8-14-6-4-3-5-7-14/h3-7,15-17H,2,8-13H2,1H3. The molecule has 0 heterocycles. The summed E-state index contributed by atoms with van der Waals surface area (Å²) in [4.78, 5) is 0. The highest BCUT2D eigenvalue weighted by molar-refractivity contribution is 5.14. The molecule has 1 aromatic carbocycles. The van der Waals surface area contributed by atoms with Crippen LogP contribution in [-0.4, -0.2) is 50.7 Å². The number of hydrogen-bond acceptors (Lipinski definition) is 4. The molecule has 4 nitrogen and oxygen atoms in total. The van der Waals surface area contributed by atoms with Gasteiger partial charge in [-0.3, -0.25) is 0 Å². The molecule has 1 atom stereocenters. The molecule has 0 aliphatic heterocycles. The van der Waals surface area contributed by atoms with E-state index in [0.29, 0.717) is 33.0 Å². The Labute approximate surface area is 115 Å². The molecule has 1 rings (SSSR count). The van der Waals surface area contributed by atoms with Crippen LogP contribution < -0.4 is 5.32 Å². The van der Waals surface area contributed by atoms with E-state index in [4.69, 9.17) is 9.47 Å². The third kappa shape index (κ3) is 8.72. The van der Waals surface area contributed by atoms with E-state index in [9.17, 15) is 5.11 Å². The van der Waals surface area contributed by atoms with E-state index in [1.807, 2.05) is 25.1 Å². The summed E-state index contributed by atoms with van der Waals surface area (Å²) in [5.74, 6) is 0. The summed E-state index contributed by atoms with van der Waals surface area (Å²) in [6.45, 7) is 5.55. The van der Waals surface area contributed by atoms with Crippen LogP contribution in [0.5, 0.6) is 0 Å². The second-order valence-corrected chi connectivity index (χ2v) is 4.37. The van der Waals surface area contributed by atoms with Gasteiger partial charge < -0.3 is 19.9 Å². The molecule has 0 radical (unpaired) electrons. The molecular weight excluding hydrogens is 242 g/mol. The third-order valence-corrected chi connectivity index (χ3v) is 2.70. The highest BCUT2D eigenvalue weighted by Gasteiger charge is 2.03. The molecule has 0 amide bonds. The summed E-state index contributed by atoms with van der Waals surface area (Å²) < 4.78 is 10.4. The van der Waals surface area contributed by atoms with E-state index >= 15 is 0 Å². The summed E-state index contributed by atoms with van der Waals surface area (Å²) >= 11 is 0. The minimum absolute atomic E-state index is 0.353. The Morgan fingerprint density at radius 3 is 2.63 bits per heavy atom. The minimum atomic E-state index is -0.461. The second-order valence-electron chi connectivity index (χ2n) is 4.37. The molecule has 0 saturated heterocycles. The van der Waals surface area contributed by atoms with E-state index in [1.54, 1.807) is 0 Å². The summed E-state index contributed by atoms with van der Waals surface area (Å²) in [6, 6.07) is 10.3. The van der Waals surface area contributed by atoms with E-state index in [2.05, 4.69) is 17.4 Å². The summed E-state index contributed by atoms with van der Waals surface area (Å²) in [5.41, 5.74) is 1.30. The molecule has 108 valence electrons. The van der Waals surface area contributed by atoms with Gasteiger partial charge in [-0.25, -0.2) is 0 Å². The van der Waals surface area contributed by atoms with Crippen molar-refractivity contribution in [3.63, 3.8) is 0 Å². The van der Waals surface area contributed by atoms with Gasteiger partial charge >= 0.3 is 0 Å². The van der Waals surface area contributed by atoms with Gasteiger partial charge in [0.1, 0.15) is 0 Å². The lowest BCUT2D eigenvalue weighted by molar-refractivity contribution is 0.00660. The van der Waals surface area contributed by atoms with Crippen molar-refractivity contribution in [1.29, 1.82) is 0 Å². The zero-order valence-corrected chi connectivity index (χ0v) is 11.7. The fourth-order valence-electron chi connectivity index (χ4n) is 1.69. The predicted octanol–water partition coefficient (Wildman–Crippen LogP) is 1.23. The van der Waals surface area contributed by atoms with Gasteiger partial charge in [0.05, 0.1) is 25.9 Å². The molecular formula is C15H25NO3. The van der Waals surface area contributed by atoms with Crippen molar-refractivity contribution in [2.45, 2.75) is 19.4 Å². The lowest BCUT2D eigenvalue weighted by Crippen LogP contribution is -2.32. The first kappa shape index (κ1) is 16.1. The Bertz CT molecular complexity index is 306. The molecule has 0 bridgehead atoms. The van der Waals surface area contributed by atoms with Crippen LogP contribution in [0.1, 0.15) is 12.5 Å². The van der Waals surface area contributed by atoms with Crippen LogP contribution >= 0.6 is 0 Å². The van der Waals surface area contributed by atoms with Crippen molar-refractivity contribution in [2.24, 2.45) is 0 Å². The van der Waals surface area contributed by atoms with Crippen molar-refractivity contribution in [3.8, 4) is 0 Å². The number of nitrogens with one attached hydrogen (secondary N) is 1. The minimum Gasteiger partial charge on any atom is -0.389 e. The van der Waals surface area contributed by atoms with Crippen LogP contribution in [0, 0.1) is 0 Å². The van der Waals surface area contributed by atoms with E-state index in [-0.39, 0.29) is 0 Å². The van der Waals surface area contributed by atoms with E-state index in [1.165, 1.54) is 5.56 Å². The Morgan fingerprint density at radius 1 is 1.16 bits per heavy atom. The fraction of sp³-hybridized carbons (Fsp3) is 0.600. The average Bonchev–Trinajstić information content (AvgIpc) is 2.44. The van der Waals surface area contributed by atoms with Crippen LogP contribution in [0.2, 0.25) is 0 Å². The molecule has 0 aliphatic rings. The first-order valence-corrected chi connectivity index (χ1v) is 6.91. The zero-order valence-electron chi connectivity index (χ0n) is 11.7. The molecule has 19 heavy (non-hydrogen) atoms. The van der Waals surface area contributed by atoms with Gasteiger partial charge in [0.25, 0.3) is 0 Å². The Balaban J connectivity index is 1.94. The molecule has 1 unspecified atom stereocenters. The highest BCUT2D eigenvalue weighted by Crippen LogP contribution is 1.98. The molecule has 4 heteroatoms. The smallest absolute Gasteiger partial charge is 0.0897 e. The molecule has 0 fully saturated rings. The van der Waals surface area contributed by atoms with Gasteiger partial charge in [-0.15, -0.1) is 0 Å². The maximum atomic E-state index is 9.67. The van der Waals surface area contributed by atoms with Crippen LogP contribution in [0.25, 0.3) is 0 Å². The number of rotatable bonds is 11. The lowest BCUT2D eigenvalue weighted by Gasteiger charge is -2.12. The number of aliphatic hydroxyl groups excluding tert-OH is 1. The van der Waals surface area contributed by atoms with Crippen LogP contribution in [0.4, 0.5) is 0 Å². The van der Waals surface area contributed by atoms with Crippen molar-refractivity contribution < 1.29 is 14.6 Å². The topological polar surface area (TPSA) is 50.7 Å². The largest absolute Gasteiger partial charge is 0.389 e. The highest BCUT2D eigenvalue weighted by atomic mass is 16.5. The summed E-state index contributed by atoms with van der Waals surface area (Å²) in [6.07, 6.45) is 0.510. The van der Waals surface area contributed by atoms with E-state index in [0.717, 1.165) is 13.0 Å². The Hall–Kier alpha value is -0.940. The maximum absolute atomic E-state index is 9.67. The average molecular weight is 267 g/mol. The third-order valence-electron chi connectivity index (χ3n) is 2.70. The zero-order chi connectivity index (χ0) is 13.8. The summed E-state index contributed by atoms with van der Waals surface area (Å²) in [7, 11) is 0. The second kappa shape index (κ2) is 10.9. The summed E-state index contributed by atoms with van der Waals surface area (Å²) in [5, 5.41) is 12.9. The molecule has 0 aromatic heterocycles. The predicted molar refractivity (Wildman–Crippen MR) is 76.3 cm³/mol. The molecule has 0 aliphatic carbocycles. The fourth-order valence-corrected chi connectivity index (χ4v) is 1.69. The maximum Gasteiger partial charge on any atom is 0.0897 e. The lowest BCUT2D eigenvalue weighted by atomic mass is 10.1.